The van der Waals surface area contributed by atoms with Gasteiger partial charge in [0, 0.05) is 37.6 Å². The Labute approximate surface area is 129 Å². The van der Waals surface area contributed by atoms with E-state index in [-0.39, 0.29) is 36.8 Å². The normalized spacial score (nSPS) is 24.8. The first-order valence-corrected chi connectivity index (χ1v) is 6.78. The Bertz CT molecular complexity index is 242. The van der Waals surface area contributed by atoms with E-state index in [1.54, 1.807) is 0 Å². The number of piperidine rings is 1. The molecule has 0 radical (unpaired) electrons. The van der Waals surface area contributed by atoms with Gasteiger partial charge in [-0.1, -0.05) is 6.42 Å². The number of likely N-dealkylation sites (tertiary alicyclic amines) is 1. The van der Waals surface area contributed by atoms with Crippen LogP contribution in [0.25, 0.3) is 0 Å². The summed E-state index contributed by atoms with van der Waals surface area (Å²) in [5, 5.41) is 2.94. The molecule has 1 saturated heterocycles. The summed E-state index contributed by atoms with van der Waals surface area (Å²) < 4.78 is 0. The molecule has 1 fully saturated rings. The highest BCUT2D eigenvalue weighted by molar-refractivity contribution is 5.85. The molecule has 1 amide bonds. The lowest BCUT2D eigenvalue weighted by atomic mass is 9.98. The van der Waals surface area contributed by atoms with Crippen LogP contribution in [0, 0.1) is 0 Å². The second-order valence-electron chi connectivity index (χ2n) is 5.40. The molecule has 19 heavy (non-hydrogen) atoms. The smallest absolute Gasteiger partial charge is 0.221 e. The number of halogens is 2. The van der Waals surface area contributed by atoms with Crippen molar-refractivity contribution >= 4 is 30.7 Å². The van der Waals surface area contributed by atoms with Gasteiger partial charge in [0.1, 0.15) is 0 Å². The van der Waals surface area contributed by atoms with Gasteiger partial charge in [-0.3, -0.25) is 9.69 Å². The summed E-state index contributed by atoms with van der Waals surface area (Å²) in [4.78, 5) is 13.9. The van der Waals surface area contributed by atoms with Crippen molar-refractivity contribution < 1.29 is 4.79 Å². The number of hydrogen-bond acceptors (Lipinski definition) is 3. The first-order chi connectivity index (χ1) is 8.00. The third-order valence-corrected chi connectivity index (χ3v) is 3.58. The number of hydrogen-bond donors (Lipinski definition) is 2. The second-order valence-corrected chi connectivity index (χ2v) is 5.40. The molecular formula is C13H29Cl2N3O. The van der Waals surface area contributed by atoms with Crippen LogP contribution < -0.4 is 11.1 Å². The maximum atomic E-state index is 11.4. The topological polar surface area (TPSA) is 58.4 Å². The van der Waals surface area contributed by atoms with Gasteiger partial charge >= 0.3 is 0 Å². The van der Waals surface area contributed by atoms with Gasteiger partial charge in [-0.2, -0.15) is 0 Å². The van der Waals surface area contributed by atoms with E-state index in [1.807, 2.05) is 6.92 Å². The Balaban J connectivity index is 0. The average Bonchev–Trinajstić information content (AvgIpc) is 2.21. The number of nitrogens with zero attached hydrogens (tertiary/aromatic N) is 1. The van der Waals surface area contributed by atoms with Gasteiger partial charge in [-0.25, -0.2) is 0 Å². The predicted molar refractivity (Wildman–Crippen MR) is 85.3 cm³/mol. The van der Waals surface area contributed by atoms with Crippen molar-refractivity contribution in [1.82, 2.24) is 10.2 Å². The average molecular weight is 314 g/mol. The minimum absolute atomic E-state index is 0. The molecule has 0 aliphatic carbocycles. The molecule has 116 valence electrons. The monoisotopic (exact) mass is 313 g/mol. The van der Waals surface area contributed by atoms with E-state index < -0.39 is 0 Å². The van der Waals surface area contributed by atoms with Gasteiger partial charge in [0.15, 0.2) is 0 Å². The Morgan fingerprint density at radius 1 is 1.32 bits per heavy atom. The molecule has 1 aliphatic heterocycles. The van der Waals surface area contributed by atoms with E-state index in [0.29, 0.717) is 18.5 Å². The van der Waals surface area contributed by atoms with Crippen LogP contribution in [0.5, 0.6) is 0 Å². The standard InChI is InChI=1S/C13H27N3O.2ClH/c1-10(14)9-13(17)15-7-8-16-11(2)5-4-6-12(16)3;;/h10-12H,4-9,14H2,1-3H3,(H,15,17);2*1H. The summed E-state index contributed by atoms with van der Waals surface area (Å²) in [6.45, 7) is 8.10. The molecule has 0 aromatic heterocycles. The van der Waals surface area contributed by atoms with Crippen molar-refractivity contribution in [3.63, 3.8) is 0 Å². The molecule has 0 bridgehead atoms. The number of carbonyl (C=O) groups excluding carboxylic acids is 1. The van der Waals surface area contributed by atoms with Crippen molar-refractivity contribution in [3.8, 4) is 0 Å². The lowest BCUT2D eigenvalue weighted by Crippen LogP contribution is -2.47. The first-order valence-electron chi connectivity index (χ1n) is 6.78. The molecule has 1 aliphatic rings. The van der Waals surface area contributed by atoms with Crippen LogP contribution in [-0.2, 0) is 4.79 Å². The fourth-order valence-electron chi connectivity index (χ4n) is 2.60. The Hall–Kier alpha value is -0.0300. The summed E-state index contributed by atoms with van der Waals surface area (Å²) >= 11 is 0. The highest BCUT2D eigenvalue weighted by atomic mass is 35.5. The highest BCUT2D eigenvalue weighted by Crippen LogP contribution is 2.21. The largest absolute Gasteiger partial charge is 0.355 e. The van der Waals surface area contributed by atoms with Crippen LogP contribution in [0.2, 0.25) is 0 Å². The number of rotatable bonds is 5. The number of nitrogens with two attached hydrogens (primary N) is 1. The van der Waals surface area contributed by atoms with Crippen LogP contribution in [0.15, 0.2) is 0 Å². The van der Waals surface area contributed by atoms with Crippen LogP contribution in [-0.4, -0.2) is 42.0 Å². The highest BCUT2D eigenvalue weighted by Gasteiger charge is 2.23. The second kappa shape index (κ2) is 10.7. The molecule has 1 heterocycles. The van der Waals surface area contributed by atoms with E-state index >= 15 is 0 Å². The molecule has 0 aromatic rings. The SMILES string of the molecule is CC(N)CC(=O)NCCN1C(C)CCCC1C.Cl.Cl. The summed E-state index contributed by atoms with van der Waals surface area (Å²) in [6, 6.07) is 1.23. The maximum Gasteiger partial charge on any atom is 0.221 e. The fraction of sp³-hybridized carbons (Fsp3) is 0.923. The summed E-state index contributed by atoms with van der Waals surface area (Å²) in [5.74, 6) is 0.0670. The Morgan fingerprint density at radius 2 is 1.84 bits per heavy atom. The zero-order valence-electron chi connectivity index (χ0n) is 12.2. The third kappa shape index (κ3) is 7.98. The van der Waals surface area contributed by atoms with Crippen LogP contribution in [0.3, 0.4) is 0 Å². The predicted octanol–water partition coefficient (Wildman–Crippen LogP) is 1.95. The molecule has 6 heteroatoms. The van der Waals surface area contributed by atoms with Crippen molar-refractivity contribution in [2.24, 2.45) is 5.73 Å². The molecule has 1 rings (SSSR count). The summed E-state index contributed by atoms with van der Waals surface area (Å²) in [5.41, 5.74) is 5.58. The fourth-order valence-corrected chi connectivity index (χ4v) is 2.60. The molecule has 3 atom stereocenters. The van der Waals surface area contributed by atoms with Gasteiger partial charge in [-0.05, 0) is 33.6 Å². The van der Waals surface area contributed by atoms with E-state index in [0.717, 1.165) is 13.1 Å². The van der Waals surface area contributed by atoms with Crippen LogP contribution >= 0.6 is 24.8 Å². The van der Waals surface area contributed by atoms with Crippen molar-refractivity contribution in [2.75, 3.05) is 13.1 Å². The van der Waals surface area contributed by atoms with Gasteiger partial charge in [0.05, 0.1) is 0 Å². The molecule has 4 nitrogen and oxygen atoms in total. The third-order valence-electron chi connectivity index (χ3n) is 3.58. The molecule has 0 saturated carbocycles. The molecular weight excluding hydrogens is 285 g/mol. The lowest BCUT2D eigenvalue weighted by Gasteiger charge is -2.39. The summed E-state index contributed by atoms with van der Waals surface area (Å²) in [7, 11) is 0. The van der Waals surface area contributed by atoms with Crippen molar-refractivity contribution in [3.05, 3.63) is 0 Å². The molecule has 0 spiro atoms. The van der Waals surface area contributed by atoms with Crippen molar-refractivity contribution in [2.45, 2.75) is 64.6 Å². The summed E-state index contributed by atoms with van der Waals surface area (Å²) in [6.07, 6.45) is 4.30. The molecule has 3 N–H and O–H groups in total. The maximum absolute atomic E-state index is 11.4. The van der Waals surface area contributed by atoms with Gasteiger partial charge in [-0.15, -0.1) is 24.8 Å². The quantitative estimate of drug-likeness (QED) is 0.815. The zero-order chi connectivity index (χ0) is 12.8. The Morgan fingerprint density at radius 3 is 2.32 bits per heavy atom. The number of carbonyl (C=O) groups is 1. The minimum Gasteiger partial charge on any atom is -0.355 e. The van der Waals surface area contributed by atoms with Gasteiger partial charge < -0.3 is 11.1 Å². The zero-order valence-corrected chi connectivity index (χ0v) is 13.9. The van der Waals surface area contributed by atoms with E-state index in [4.69, 9.17) is 5.73 Å². The lowest BCUT2D eigenvalue weighted by molar-refractivity contribution is -0.121. The number of amides is 1. The van der Waals surface area contributed by atoms with Crippen LogP contribution in [0.4, 0.5) is 0 Å². The first kappa shape index (κ1) is 21.3. The van der Waals surface area contributed by atoms with E-state index in [2.05, 4.69) is 24.1 Å². The van der Waals surface area contributed by atoms with Crippen molar-refractivity contribution in [1.29, 1.82) is 0 Å². The number of nitrogens with one attached hydrogen (secondary N) is 1. The van der Waals surface area contributed by atoms with E-state index in [1.165, 1.54) is 19.3 Å². The molecule has 3 unspecified atom stereocenters. The van der Waals surface area contributed by atoms with Crippen LogP contribution in [0.1, 0.15) is 46.5 Å². The molecule has 0 aromatic carbocycles. The minimum atomic E-state index is -0.0529. The Kier molecular flexibility index (Phi) is 12.0. The van der Waals surface area contributed by atoms with Gasteiger partial charge in [0.2, 0.25) is 5.91 Å². The van der Waals surface area contributed by atoms with E-state index in [9.17, 15) is 4.79 Å². The van der Waals surface area contributed by atoms with Gasteiger partial charge in [0.25, 0.3) is 0 Å².